The Bertz CT molecular complexity index is 1030. The van der Waals surface area contributed by atoms with Crippen molar-refractivity contribution in [2.75, 3.05) is 5.32 Å². The maximum atomic E-state index is 12.5. The van der Waals surface area contributed by atoms with Gasteiger partial charge in [-0.1, -0.05) is 65.4 Å². The van der Waals surface area contributed by atoms with Crippen LogP contribution in [-0.2, 0) is 9.59 Å². The molecule has 148 valence electrons. The Morgan fingerprint density at radius 3 is 2.66 bits per heavy atom. The van der Waals surface area contributed by atoms with Gasteiger partial charge < -0.3 is 5.32 Å². The molecular weight excluding hydrogens is 384 g/mol. The Hall–Kier alpha value is -3.06. The van der Waals surface area contributed by atoms with E-state index in [2.05, 4.69) is 20.8 Å². The number of aryl methyl sites for hydroxylation is 1. The third-order valence-electron chi connectivity index (χ3n) is 5.03. The Morgan fingerprint density at radius 1 is 1.10 bits per heavy atom. The first kappa shape index (κ1) is 19.3. The quantitative estimate of drug-likeness (QED) is 0.653. The van der Waals surface area contributed by atoms with E-state index in [-0.39, 0.29) is 23.7 Å². The second-order valence-electron chi connectivity index (χ2n) is 7.36. The lowest BCUT2D eigenvalue weighted by Gasteiger charge is -2.12. The molecule has 2 N–H and O–H groups in total. The van der Waals surface area contributed by atoms with Crippen LogP contribution >= 0.6 is 11.3 Å². The second-order valence-corrected chi connectivity index (χ2v) is 8.34. The van der Waals surface area contributed by atoms with Crippen LogP contribution in [0.15, 0.2) is 54.6 Å². The molecule has 3 atom stereocenters. The van der Waals surface area contributed by atoms with Gasteiger partial charge in [-0.3, -0.25) is 14.9 Å². The van der Waals surface area contributed by atoms with E-state index in [1.165, 1.54) is 16.9 Å². The summed E-state index contributed by atoms with van der Waals surface area (Å²) in [6, 6.07) is 17.3. The summed E-state index contributed by atoms with van der Waals surface area (Å²) in [4.78, 5) is 24.9. The lowest BCUT2D eigenvalue weighted by molar-refractivity contribution is -0.127. The normalized spacial score (nSPS) is 18.7. The summed E-state index contributed by atoms with van der Waals surface area (Å²) >= 11 is 1.31. The number of rotatable bonds is 6. The Balaban J connectivity index is 1.32. The van der Waals surface area contributed by atoms with E-state index < -0.39 is 6.04 Å². The van der Waals surface area contributed by atoms with E-state index in [0.29, 0.717) is 5.13 Å². The molecule has 1 saturated carbocycles. The van der Waals surface area contributed by atoms with Gasteiger partial charge in [0.25, 0.3) is 0 Å². The number of amides is 2. The van der Waals surface area contributed by atoms with Gasteiger partial charge in [0.2, 0.25) is 16.9 Å². The topological polar surface area (TPSA) is 84.0 Å². The molecular formula is C22H22N4O2S. The minimum atomic E-state index is -0.647. The predicted octanol–water partition coefficient (Wildman–Crippen LogP) is 3.76. The summed E-state index contributed by atoms with van der Waals surface area (Å²) in [5.74, 6) is -0.213. The van der Waals surface area contributed by atoms with Crippen LogP contribution in [0.1, 0.15) is 30.4 Å². The molecule has 0 spiro atoms. The van der Waals surface area contributed by atoms with Gasteiger partial charge in [0.05, 0.1) is 0 Å². The largest absolute Gasteiger partial charge is 0.344 e. The first-order valence-corrected chi connectivity index (χ1v) is 10.4. The van der Waals surface area contributed by atoms with Gasteiger partial charge in [-0.2, -0.15) is 0 Å². The van der Waals surface area contributed by atoms with Gasteiger partial charge in [0.15, 0.2) is 0 Å². The lowest BCUT2D eigenvalue weighted by atomic mass is 10.1. The molecule has 0 saturated heterocycles. The highest BCUT2D eigenvalue weighted by molar-refractivity contribution is 7.18. The fourth-order valence-electron chi connectivity index (χ4n) is 3.32. The highest BCUT2D eigenvalue weighted by atomic mass is 32.1. The summed E-state index contributed by atoms with van der Waals surface area (Å²) in [5.41, 5.74) is 3.26. The van der Waals surface area contributed by atoms with Gasteiger partial charge in [0, 0.05) is 11.5 Å². The molecule has 2 amide bonds. The van der Waals surface area contributed by atoms with E-state index in [0.717, 1.165) is 22.6 Å². The number of carbonyl (C=O) groups excluding carboxylic acids is 2. The smallest absolute Gasteiger partial charge is 0.248 e. The zero-order valence-electron chi connectivity index (χ0n) is 16.3. The van der Waals surface area contributed by atoms with Gasteiger partial charge >= 0.3 is 0 Å². The van der Waals surface area contributed by atoms with Crippen LogP contribution in [0.5, 0.6) is 0 Å². The van der Waals surface area contributed by atoms with Crippen LogP contribution in [-0.4, -0.2) is 28.1 Å². The highest BCUT2D eigenvalue weighted by Crippen LogP contribution is 2.47. The zero-order valence-corrected chi connectivity index (χ0v) is 17.1. The summed E-state index contributed by atoms with van der Waals surface area (Å²) in [6.45, 7) is 3.69. The van der Waals surface area contributed by atoms with Crippen LogP contribution in [0, 0.1) is 12.8 Å². The molecule has 3 aromatic rings. The number of anilines is 1. The zero-order chi connectivity index (χ0) is 20.4. The molecule has 4 rings (SSSR count). The van der Waals surface area contributed by atoms with Gasteiger partial charge in [-0.15, -0.1) is 10.2 Å². The van der Waals surface area contributed by atoms with E-state index in [4.69, 9.17) is 0 Å². The van der Waals surface area contributed by atoms with Crippen LogP contribution < -0.4 is 10.6 Å². The van der Waals surface area contributed by atoms with Gasteiger partial charge in [0.1, 0.15) is 11.0 Å². The van der Waals surface area contributed by atoms with Crippen LogP contribution in [0.3, 0.4) is 0 Å². The minimum Gasteiger partial charge on any atom is -0.344 e. The van der Waals surface area contributed by atoms with Crippen molar-refractivity contribution in [3.05, 3.63) is 65.7 Å². The summed E-state index contributed by atoms with van der Waals surface area (Å²) < 4.78 is 0. The molecule has 1 aliphatic carbocycles. The fourth-order valence-corrected chi connectivity index (χ4v) is 4.06. The number of carbonyl (C=O) groups is 2. The van der Waals surface area contributed by atoms with Crippen molar-refractivity contribution in [3.8, 4) is 10.6 Å². The van der Waals surface area contributed by atoms with Crippen LogP contribution in [0.25, 0.3) is 10.6 Å². The molecule has 1 fully saturated rings. The van der Waals surface area contributed by atoms with Crippen molar-refractivity contribution in [1.29, 1.82) is 0 Å². The van der Waals surface area contributed by atoms with Crippen LogP contribution in [0.2, 0.25) is 0 Å². The predicted molar refractivity (Wildman–Crippen MR) is 114 cm³/mol. The number of nitrogens with zero attached hydrogens (tertiary/aromatic N) is 2. The van der Waals surface area contributed by atoms with Crippen molar-refractivity contribution >= 4 is 28.3 Å². The SMILES string of the molecule is Cc1cccc(-c2nnc(NC(=O)[C@@H](C)NC(=O)[C@@H]3C[C@H]3c3ccccc3)s2)c1. The molecule has 7 heteroatoms. The highest BCUT2D eigenvalue weighted by Gasteiger charge is 2.44. The van der Waals surface area contributed by atoms with Crippen molar-refractivity contribution in [1.82, 2.24) is 15.5 Å². The Labute approximate surface area is 173 Å². The van der Waals surface area contributed by atoms with Crippen molar-refractivity contribution < 1.29 is 9.59 Å². The molecule has 0 radical (unpaired) electrons. The van der Waals surface area contributed by atoms with Gasteiger partial charge in [-0.05, 0) is 37.8 Å². The number of nitrogens with one attached hydrogen (secondary N) is 2. The number of benzene rings is 2. The van der Waals surface area contributed by atoms with E-state index in [1.54, 1.807) is 6.92 Å². The van der Waals surface area contributed by atoms with Crippen molar-refractivity contribution in [3.63, 3.8) is 0 Å². The minimum absolute atomic E-state index is 0.0675. The van der Waals surface area contributed by atoms with E-state index in [1.807, 2.05) is 61.5 Å². The molecule has 2 aromatic carbocycles. The summed E-state index contributed by atoms with van der Waals surface area (Å²) in [6.07, 6.45) is 0.820. The maximum Gasteiger partial charge on any atom is 0.248 e. The van der Waals surface area contributed by atoms with Crippen LogP contribution in [0.4, 0.5) is 5.13 Å². The summed E-state index contributed by atoms with van der Waals surface area (Å²) in [5, 5.41) is 14.9. The molecule has 0 unspecified atom stereocenters. The number of aromatic nitrogens is 2. The second kappa shape index (κ2) is 8.13. The van der Waals surface area contributed by atoms with Gasteiger partial charge in [-0.25, -0.2) is 0 Å². The fraction of sp³-hybridized carbons (Fsp3) is 0.273. The molecule has 0 aliphatic heterocycles. The summed E-state index contributed by atoms with van der Waals surface area (Å²) in [7, 11) is 0. The molecule has 0 bridgehead atoms. The monoisotopic (exact) mass is 406 g/mol. The Kier molecular flexibility index (Phi) is 5.40. The van der Waals surface area contributed by atoms with Crippen molar-refractivity contribution in [2.24, 2.45) is 5.92 Å². The Morgan fingerprint density at radius 2 is 1.90 bits per heavy atom. The molecule has 1 heterocycles. The molecule has 6 nitrogen and oxygen atoms in total. The average Bonchev–Trinajstić information content (AvgIpc) is 3.40. The molecule has 1 aromatic heterocycles. The third kappa shape index (κ3) is 4.51. The maximum absolute atomic E-state index is 12.5. The lowest BCUT2D eigenvalue weighted by Crippen LogP contribution is -2.42. The number of hydrogen-bond donors (Lipinski definition) is 2. The average molecular weight is 407 g/mol. The third-order valence-corrected chi connectivity index (χ3v) is 5.91. The number of hydrogen-bond acceptors (Lipinski definition) is 5. The standard InChI is InChI=1S/C22H22N4O2S/c1-13-7-6-10-16(11-13)21-25-26-22(29-21)24-19(27)14(2)23-20(28)18-12-17(18)15-8-4-3-5-9-15/h3-11,14,17-18H,12H2,1-2H3,(H,23,28)(H,24,26,27)/t14-,17+,18-/m1/s1. The van der Waals surface area contributed by atoms with E-state index in [9.17, 15) is 9.59 Å². The van der Waals surface area contributed by atoms with Crippen molar-refractivity contribution in [2.45, 2.75) is 32.2 Å². The first-order chi connectivity index (χ1) is 14.0. The molecule has 1 aliphatic rings. The van der Waals surface area contributed by atoms with E-state index >= 15 is 0 Å². The molecule has 29 heavy (non-hydrogen) atoms. The first-order valence-electron chi connectivity index (χ1n) is 9.58.